The summed E-state index contributed by atoms with van der Waals surface area (Å²) in [5.41, 5.74) is 25.1. The molecule has 0 radical (unpaired) electrons. The maximum Gasteiger partial charge on any atom is 0.245 e. The van der Waals surface area contributed by atoms with Gasteiger partial charge in [-0.15, -0.1) is 0 Å². The van der Waals surface area contributed by atoms with Gasteiger partial charge in [-0.05, 0) is 113 Å². The van der Waals surface area contributed by atoms with Gasteiger partial charge in [-0.25, -0.2) is 0 Å². The average molecular weight is 1120 g/mol. The average Bonchev–Trinajstić information content (AvgIpc) is 3.41. The van der Waals surface area contributed by atoms with Gasteiger partial charge in [0.1, 0.15) is 53.8 Å². The second-order valence-corrected chi connectivity index (χ2v) is 22.2. The molecular weight excluding hydrogens is 1050 g/mol. The predicted octanol–water partition coefficient (Wildman–Crippen LogP) is -2.13. The fourth-order valence-corrected chi connectivity index (χ4v) is 10.8. The molecule has 4 rings (SSSR count). The number of unbranched alkanes of at least 4 members (excludes halogenated alkanes) is 2. The largest absolute Gasteiger partial charge is 0.508 e. The van der Waals surface area contributed by atoms with Crippen LogP contribution < -0.4 is 65.5 Å². The van der Waals surface area contributed by atoms with E-state index in [4.69, 9.17) is 22.9 Å². The van der Waals surface area contributed by atoms with Crippen molar-refractivity contribution in [2.24, 2.45) is 22.9 Å². The summed E-state index contributed by atoms with van der Waals surface area (Å²) in [4.78, 5) is 126. The van der Waals surface area contributed by atoms with Crippen molar-refractivity contribution in [1.82, 2.24) is 42.5 Å². The Hall–Kier alpha value is -6.97. The fourth-order valence-electron chi connectivity index (χ4n) is 8.02. The van der Waals surface area contributed by atoms with Gasteiger partial charge < -0.3 is 80.8 Å². The molecule has 426 valence electrons. The highest BCUT2D eigenvalue weighted by atomic mass is 33.1. The Morgan fingerprint density at radius 1 is 0.667 bits per heavy atom. The molecule has 1 aliphatic heterocycles. The molecule has 0 saturated carbocycles. The first-order valence-electron chi connectivity index (χ1n) is 25.5. The number of phenolic OH excluding ortho intramolecular Hbond substituents is 2. The number of carbonyl (C=O) groups is 9. The van der Waals surface area contributed by atoms with E-state index in [-0.39, 0.29) is 55.9 Å². The second-order valence-electron chi connectivity index (χ2n) is 19.2. The Labute approximate surface area is 460 Å². The zero-order valence-corrected chi connectivity index (χ0v) is 45.3. The number of hydrogen-bond donors (Lipinski definition) is 15. The van der Waals surface area contributed by atoms with Crippen molar-refractivity contribution in [1.29, 1.82) is 0 Å². The van der Waals surface area contributed by atoms with E-state index in [0.717, 1.165) is 21.6 Å². The molecule has 0 aromatic heterocycles. The van der Waals surface area contributed by atoms with Crippen LogP contribution in [0.1, 0.15) is 69.1 Å². The number of aromatic hydroxyl groups is 2. The zero-order chi connectivity index (χ0) is 57.4. The van der Waals surface area contributed by atoms with Crippen molar-refractivity contribution in [2.45, 2.75) is 125 Å². The van der Waals surface area contributed by atoms with Crippen LogP contribution >= 0.6 is 21.6 Å². The molecular formula is C52H74N12O12S2. The highest BCUT2D eigenvalue weighted by Gasteiger charge is 2.41. The van der Waals surface area contributed by atoms with E-state index >= 15 is 0 Å². The first kappa shape index (κ1) is 63.6. The summed E-state index contributed by atoms with van der Waals surface area (Å²) in [6, 6.07) is 9.06. The minimum atomic E-state index is -1.66. The summed E-state index contributed by atoms with van der Waals surface area (Å²) in [7, 11) is 2.00. The van der Waals surface area contributed by atoms with Crippen molar-refractivity contribution < 1.29 is 58.5 Å². The Morgan fingerprint density at radius 2 is 1.21 bits per heavy atom. The van der Waals surface area contributed by atoms with Gasteiger partial charge >= 0.3 is 0 Å². The minimum absolute atomic E-state index is 0.0113. The first-order valence-corrected chi connectivity index (χ1v) is 27.8. The lowest BCUT2D eigenvalue weighted by molar-refractivity contribution is -0.135. The molecule has 0 aliphatic carbocycles. The lowest BCUT2D eigenvalue weighted by Gasteiger charge is -2.35. The van der Waals surface area contributed by atoms with Crippen LogP contribution in [-0.4, -0.2) is 154 Å². The number of aliphatic hydroxyl groups excluding tert-OH is 1. The van der Waals surface area contributed by atoms with Crippen molar-refractivity contribution in [3.63, 3.8) is 0 Å². The van der Waals surface area contributed by atoms with Crippen molar-refractivity contribution in [3.8, 4) is 11.5 Å². The maximum absolute atomic E-state index is 14.7. The third kappa shape index (κ3) is 21.1. The van der Waals surface area contributed by atoms with Gasteiger partial charge in [0.05, 0.1) is 19.2 Å². The minimum Gasteiger partial charge on any atom is -0.508 e. The Kier molecular flexibility index (Phi) is 26.1. The summed E-state index contributed by atoms with van der Waals surface area (Å²) in [6.07, 6.45) is 1.71. The number of primary amides is 1. The third-order valence-electron chi connectivity index (χ3n) is 12.5. The van der Waals surface area contributed by atoms with E-state index in [1.54, 1.807) is 56.3 Å². The van der Waals surface area contributed by atoms with Crippen molar-refractivity contribution >= 4 is 74.8 Å². The summed E-state index contributed by atoms with van der Waals surface area (Å²) < 4.78 is -1.37. The van der Waals surface area contributed by atoms with Crippen LogP contribution in [0.15, 0.2) is 78.9 Å². The molecule has 78 heavy (non-hydrogen) atoms. The van der Waals surface area contributed by atoms with E-state index in [1.807, 2.05) is 0 Å². The molecule has 8 atom stereocenters. The summed E-state index contributed by atoms with van der Waals surface area (Å²) in [5.74, 6) is -8.19. The summed E-state index contributed by atoms with van der Waals surface area (Å²) in [5, 5.41) is 51.0. The van der Waals surface area contributed by atoms with Crippen molar-refractivity contribution in [3.05, 3.63) is 95.6 Å². The molecule has 24 nitrogen and oxygen atoms in total. The molecule has 0 bridgehead atoms. The molecule has 26 heteroatoms. The number of hydrogen-bond acceptors (Lipinski definition) is 17. The number of nitrogens with one attached hydrogen (secondary N) is 8. The van der Waals surface area contributed by atoms with E-state index in [0.29, 0.717) is 48.9 Å². The van der Waals surface area contributed by atoms with Gasteiger partial charge in [-0.3, -0.25) is 43.2 Å². The molecule has 3 aromatic rings. The Morgan fingerprint density at radius 3 is 1.78 bits per heavy atom. The lowest BCUT2D eigenvalue weighted by atomic mass is 9.99. The Balaban J connectivity index is 1.80. The van der Waals surface area contributed by atoms with Crippen LogP contribution in [0.2, 0.25) is 0 Å². The second kappa shape index (κ2) is 32.1. The van der Waals surface area contributed by atoms with Gasteiger partial charge in [0.15, 0.2) is 0 Å². The maximum atomic E-state index is 14.7. The molecule has 3 aromatic carbocycles. The molecule has 19 N–H and O–H groups in total. The van der Waals surface area contributed by atoms with Gasteiger partial charge in [0, 0.05) is 23.3 Å². The number of benzene rings is 3. The molecule has 1 aliphatic rings. The zero-order valence-electron chi connectivity index (χ0n) is 43.7. The smallest absolute Gasteiger partial charge is 0.245 e. The van der Waals surface area contributed by atoms with Gasteiger partial charge in [0.2, 0.25) is 53.2 Å². The van der Waals surface area contributed by atoms with Crippen molar-refractivity contribution in [2.75, 3.05) is 32.0 Å². The van der Waals surface area contributed by atoms with Crippen LogP contribution in [0.25, 0.3) is 0 Å². The number of nitrogens with two attached hydrogens (primary N) is 4. The van der Waals surface area contributed by atoms with Crippen LogP contribution in [-0.2, 0) is 62.4 Å². The van der Waals surface area contributed by atoms with Gasteiger partial charge in [-0.1, -0.05) is 76.2 Å². The summed E-state index contributed by atoms with van der Waals surface area (Å²) in [6.45, 7) is 2.09. The number of aliphatic hydroxyl groups is 1. The molecule has 1 fully saturated rings. The number of carbonyl (C=O) groups excluding carboxylic acids is 9. The fraction of sp³-hybridized carbons (Fsp3) is 0.481. The summed E-state index contributed by atoms with van der Waals surface area (Å²) >= 11 is 0. The van der Waals surface area contributed by atoms with Crippen LogP contribution in [0.4, 0.5) is 0 Å². The normalized spacial score (nSPS) is 20.9. The topological polar surface area (TPSA) is 415 Å². The van der Waals surface area contributed by atoms with E-state index in [2.05, 4.69) is 42.5 Å². The first-order chi connectivity index (χ1) is 37.1. The van der Waals surface area contributed by atoms with Crippen LogP contribution in [0.5, 0.6) is 11.5 Å². The van der Waals surface area contributed by atoms with Gasteiger partial charge in [0.25, 0.3) is 0 Å². The molecule has 9 amide bonds. The number of phenols is 2. The molecule has 0 spiro atoms. The molecule has 0 unspecified atom stereocenters. The van der Waals surface area contributed by atoms with Gasteiger partial charge in [-0.2, -0.15) is 0 Å². The molecule has 1 heterocycles. The molecule has 1 saturated heterocycles. The van der Waals surface area contributed by atoms with E-state index in [9.17, 15) is 58.5 Å². The SMILES string of the molecule is CC1(C)SSC[C@@H](C(=O)N[C@@H](CCCCN)C(=O)N[C@@H](CCCCN)C(N)=O)NC(=O)[C@@H](Cc2ccccc2)NC(=O)[C@H](CO)NC(=O)CNC(=O)[C@H](Cc2ccc(O)cc2)NC(=O)[C@@H]1NC(=O)[C@@H](N)Cc1ccc(O)cc1. The number of rotatable bonds is 22. The Bertz CT molecular complexity index is 2490. The van der Waals surface area contributed by atoms with Crippen LogP contribution in [0, 0.1) is 0 Å². The van der Waals surface area contributed by atoms with Crippen LogP contribution in [0.3, 0.4) is 0 Å². The highest BCUT2D eigenvalue weighted by Crippen LogP contribution is 2.39. The van der Waals surface area contributed by atoms with E-state index in [1.165, 1.54) is 36.4 Å². The van der Waals surface area contributed by atoms with E-state index < -0.39 is 119 Å². The third-order valence-corrected chi connectivity index (χ3v) is 15.8. The standard InChI is InChI=1S/C52H74N12O12S2/c1-52(2)43(64-45(70)35(55)24-31-14-18-33(66)19-15-31)51(76)62-38(26-32-16-20-34(67)21-17-32)46(71)57-27-42(68)58-40(28-65)49(74)61-39(25-30-10-4-3-5-11-30)48(73)63-41(29-77-78-52)50(75)60-37(13-7-9-23-54)47(72)59-36(44(56)69)12-6-8-22-53/h3-5,10-11,14-21,35-41,43,65-67H,6-9,12-13,22-29,53-55H2,1-2H3,(H2,56,69)(H,57,71)(H,58,68)(H,59,72)(H,60,75)(H,61,74)(H,62,76)(H,63,73)(H,64,70)/t35-,36-,37-,38-,39+,40-,41-,43-/m0/s1. The highest BCUT2D eigenvalue weighted by molar-refractivity contribution is 8.77. The number of amides is 9. The predicted molar refractivity (Wildman–Crippen MR) is 294 cm³/mol. The monoisotopic (exact) mass is 1120 g/mol. The quantitative estimate of drug-likeness (QED) is 0.0377. The lowest BCUT2D eigenvalue weighted by Crippen LogP contribution is -2.62.